The molecular weight excluding hydrogens is 388 g/mol. The topological polar surface area (TPSA) is 105 Å². The average molecular weight is 403 g/mol. The summed E-state index contributed by atoms with van der Waals surface area (Å²) in [6, 6.07) is 7.78. The van der Waals surface area contributed by atoms with Crippen molar-refractivity contribution in [2.24, 2.45) is 0 Å². The van der Waals surface area contributed by atoms with Crippen LogP contribution < -0.4 is 19.7 Å². The van der Waals surface area contributed by atoms with E-state index < -0.39 is 17.8 Å². The summed E-state index contributed by atoms with van der Waals surface area (Å²) in [6.45, 7) is 0. The van der Waals surface area contributed by atoms with Gasteiger partial charge in [0.1, 0.15) is 11.3 Å². The van der Waals surface area contributed by atoms with Gasteiger partial charge in [-0.15, -0.1) is 0 Å². The minimum absolute atomic E-state index is 0.0891. The molecule has 28 heavy (non-hydrogen) atoms. The molecule has 0 spiro atoms. The largest absolute Gasteiger partial charge is 0.504 e. The number of carbonyl (C=O) groups excluding carboxylic acids is 3. The molecule has 0 aromatic heterocycles. The molecule has 1 heterocycles. The number of hydrogen-bond acceptors (Lipinski definition) is 6. The Labute approximate surface area is 164 Å². The number of aromatic hydroxyl groups is 1. The minimum atomic E-state index is -0.892. The maximum absolute atomic E-state index is 12.9. The Morgan fingerprint density at radius 1 is 1.04 bits per heavy atom. The van der Waals surface area contributed by atoms with Crippen molar-refractivity contribution in [3.8, 4) is 17.2 Å². The first-order chi connectivity index (χ1) is 13.3. The van der Waals surface area contributed by atoms with Gasteiger partial charge in [0.25, 0.3) is 11.8 Å². The summed E-state index contributed by atoms with van der Waals surface area (Å²) < 4.78 is 10.1. The van der Waals surface area contributed by atoms with E-state index in [2.05, 4.69) is 5.32 Å². The van der Waals surface area contributed by atoms with Gasteiger partial charge in [-0.2, -0.15) is 0 Å². The van der Waals surface area contributed by atoms with Gasteiger partial charge in [0, 0.05) is 0 Å². The lowest BCUT2D eigenvalue weighted by atomic mass is 10.1. The Morgan fingerprint density at radius 2 is 1.75 bits per heavy atom. The number of halogens is 1. The van der Waals surface area contributed by atoms with E-state index in [0.717, 1.165) is 4.90 Å². The monoisotopic (exact) mass is 402 g/mol. The molecule has 2 aromatic rings. The molecule has 9 heteroatoms. The summed E-state index contributed by atoms with van der Waals surface area (Å²) in [5, 5.41) is 12.0. The third kappa shape index (κ3) is 3.49. The molecular formula is C19H15ClN2O6. The number of rotatable bonds is 4. The number of carbonyl (C=O) groups is 3. The standard InChI is InChI=1S/C19H15ClN2O6/c1-27-15-6-4-11(9-13(15)20)22-18(25)12(17(24)21-19(22)26)7-10-3-5-14(23)16(8-10)28-2/h3-9,23H,1-2H3,(H,21,24,26)/b12-7-. The predicted octanol–water partition coefficient (Wildman–Crippen LogP) is 2.73. The Kier molecular flexibility index (Phi) is 5.23. The molecule has 1 aliphatic heterocycles. The smallest absolute Gasteiger partial charge is 0.335 e. The van der Waals surface area contributed by atoms with E-state index in [-0.39, 0.29) is 27.8 Å². The van der Waals surface area contributed by atoms with Crippen molar-refractivity contribution in [2.45, 2.75) is 0 Å². The lowest BCUT2D eigenvalue weighted by molar-refractivity contribution is -0.122. The molecule has 0 bridgehead atoms. The molecule has 0 atom stereocenters. The van der Waals surface area contributed by atoms with E-state index in [0.29, 0.717) is 11.3 Å². The number of anilines is 1. The molecule has 0 saturated carbocycles. The van der Waals surface area contributed by atoms with Crippen LogP contribution in [0.5, 0.6) is 17.2 Å². The molecule has 0 unspecified atom stereocenters. The molecule has 8 nitrogen and oxygen atoms in total. The van der Waals surface area contributed by atoms with E-state index in [1.165, 1.54) is 56.7 Å². The number of hydrogen-bond donors (Lipinski definition) is 2. The van der Waals surface area contributed by atoms with Crippen LogP contribution in [0.4, 0.5) is 10.5 Å². The van der Waals surface area contributed by atoms with E-state index in [9.17, 15) is 19.5 Å². The first-order valence-electron chi connectivity index (χ1n) is 7.97. The number of phenolic OH excluding ortho intramolecular Hbond substituents is 1. The maximum Gasteiger partial charge on any atom is 0.335 e. The van der Waals surface area contributed by atoms with Crippen LogP contribution in [-0.2, 0) is 9.59 Å². The van der Waals surface area contributed by atoms with Crippen molar-refractivity contribution >= 4 is 41.2 Å². The van der Waals surface area contributed by atoms with Gasteiger partial charge in [-0.1, -0.05) is 17.7 Å². The summed E-state index contributed by atoms with van der Waals surface area (Å²) in [5.74, 6) is -1.19. The van der Waals surface area contributed by atoms with Crippen molar-refractivity contribution in [1.82, 2.24) is 5.32 Å². The lowest BCUT2D eigenvalue weighted by Crippen LogP contribution is -2.54. The SMILES string of the molecule is COc1cc(/C=C2/C(=O)NC(=O)N(c3ccc(OC)c(Cl)c3)C2=O)ccc1O. The molecule has 2 aromatic carbocycles. The van der Waals surface area contributed by atoms with E-state index in [1.807, 2.05) is 0 Å². The van der Waals surface area contributed by atoms with Gasteiger partial charge in [0.15, 0.2) is 11.5 Å². The van der Waals surface area contributed by atoms with E-state index >= 15 is 0 Å². The highest BCUT2D eigenvalue weighted by atomic mass is 35.5. The van der Waals surface area contributed by atoms with Crippen molar-refractivity contribution < 1.29 is 29.0 Å². The summed E-state index contributed by atoms with van der Waals surface area (Å²) in [4.78, 5) is 38.1. The quantitative estimate of drug-likeness (QED) is 0.601. The van der Waals surface area contributed by atoms with Crippen LogP contribution in [0.2, 0.25) is 5.02 Å². The van der Waals surface area contributed by atoms with Crippen LogP contribution >= 0.6 is 11.6 Å². The van der Waals surface area contributed by atoms with Gasteiger partial charge in [0.2, 0.25) is 0 Å². The molecule has 1 aliphatic rings. The Balaban J connectivity index is 2.02. The molecule has 1 fully saturated rings. The lowest BCUT2D eigenvalue weighted by Gasteiger charge is -2.26. The summed E-state index contributed by atoms with van der Waals surface area (Å²) >= 11 is 6.07. The number of nitrogens with zero attached hydrogens (tertiary/aromatic N) is 1. The number of nitrogens with one attached hydrogen (secondary N) is 1. The van der Waals surface area contributed by atoms with Crippen LogP contribution in [-0.4, -0.2) is 37.2 Å². The predicted molar refractivity (Wildman–Crippen MR) is 102 cm³/mol. The fourth-order valence-electron chi connectivity index (χ4n) is 2.64. The number of imide groups is 2. The second-order valence-corrected chi connectivity index (χ2v) is 6.12. The van der Waals surface area contributed by atoms with Gasteiger partial charge in [-0.05, 0) is 42.0 Å². The third-order valence-electron chi connectivity index (χ3n) is 4.01. The van der Waals surface area contributed by atoms with Gasteiger partial charge >= 0.3 is 6.03 Å². The van der Waals surface area contributed by atoms with Crippen LogP contribution in [0.1, 0.15) is 5.56 Å². The first-order valence-corrected chi connectivity index (χ1v) is 8.35. The Bertz CT molecular complexity index is 1020. The van der Waals surface area contributed by atoms with Crippen molar-refractivity contribution in [3.63, 3.8) is 0 Å². The van der Waals surface area contributed by atoms with E-state index in [4.69, 9.17) is 21.1 Å². The molecule has 1 saturated heterocycles. The first kappa shape index (κ1) is 19.2. The molecule has 144 valence electrons. The van der Waals surface area contributed by atoms with E-state index in [1.54, 1.807) is 0 Å². The van der Waals surface area contributed by atoms with Crippen molar-refractivity contribution in [1.29, 1.82) is 0 Å². The van der Waals surface area contributed by atoms with Crippen LogP contribution in [0.3, 0.4) is 0 Å². The minimum Gasteiger partial charge on any atom is -0.504 e. The number of benzene rings is 2. The molecule has 4 amide bonds. The Morgan fingerprint density at radius 3 is 2.39 bits per heavy atom. The fourth-order valence-corrected chi connectivity index (χ4v) is 2.89. The number of amides is 4. The molecule has 0 radical (unpaired) electrons. The van der Waals surface area contributed by atoms with Crippen LogP contribution in [0.15, 0.2) is 42.0 Å². The average Bonchev–Trinajstić information content (AvgIpc) is 2.66. The Hall–Kier alpha value is -3.52. The number of methoxy groups -OCH3 is 2. The van der Waals surface area contributed by atoms with Crippen molar-refractivity contribution in [3.05, 3.63) is 52.6 Å². The third-order valence-corrected chi connectivity index (χ3v) is 4.31. The van der Waals surface area contributed by atoms with Gasteiger partial charge in [-0.25, -0.2) is 9.69 Å². The van der Waals surface area contributed by atoms with Crippen molar-refractivity contribution in [2.75, 3.05) is 19.1 Å². The summed E-state index contributed by atoms with van der Waals surface area (Å²) in [5.41, 5.74) is 0.337. The van der Waals surface area contributed by atoms with Gasteiger partial charge < -0.3 is 14.6 Å². The molecule has 3 rings (SSSR count). The highest BCUT2D eigenvalue weighted by Crippen LogP contribution is 2.32. The second-order valence-electron chi connectivity index (χ2n) is 5.71. The number of urea groups is 1. The fraction of sp³-hybridized carbons (Fsp3) is 0.105. The zero-order chi connectivity index (χ0) is 20.4. The van der Waals surface area contributed by atoms with Gasteiger partial charge in [0.05, 0.1) is 24.9 Å². The normalized spacial score (nSPS) is 15.6. The summed E-state index contributed by atoms with van der Waals surface area (Å²) in [7, 11) is 2.81. The highest BCUT2D eigenvalue weighted by Gasteiger charge is 2.37. The number of barbiturate groups is 1. The van der Waals surface area contributed by atoms with Crippen LogP contribution in [0.25, 0.3) is 6.08 Å². The number of ether oxygens (including phenoxy) is 2. The second kappa shape index (κ2) is 7.61. The highest BCUT2D eigenvalue weighted by molar-refractivity contribution is 6.39. The molecule has 2 N–H and O–H groups in total. The van der Waals surface area contributed by atoms with Gasteiger partial charge in [-0.3, -0.25) is 14.9 Å². The number of phenols is 1. The van der Waals surface area contributed by atoms with Crippen LogP contribution in [0, 0.1) is 0 Å². The summed E-state index contributed by atoms with van der Waals surface area (Å²) in [6.07, 6.45) is 1.30. The maximum atomic E-state index is 12.9. The molecule has 0 aliphatic carbocycles. The zero-order valence-electron chi connectivity index (χ0n) is 14.9. The zero-order valence-corrected chi connectivity index (χ0v) is 15.6.